The molecule has 0 unspecified atom stereocenters. The molecule has 0 radical (unpaired) electrons. The van der Waals surface area contributed by atoms with Crippen LogP contribution in [0.4, 0.5) is 0 Å². The van der Waals surface area contributed by atoms with E-state index in [0.717, 1.165) is 19.3 Å². The van der Waals surface area contributed by atoms with Gasteiger partial charge >= 0.3 is 0 Å². The topological polar surface area (TPSA) is 198 Å². The van der Waals surface area contributed by atoms with Crippen LogP contribution in [0, 0.1) is 0 Å². The first kappa shape index (κ1) is 37.3. The summed E-state index contributed by atoms with van der Waals surface area (Å²) < 4.78 is 16.4. The average Bonchev–Trinajstić information content (AvgIpc) is 2.98. The van der Waals surface area contributed by atoms with Crippen LogP contribution in [-0.2, 0) is 19.0 Å². The Morgan fingerprint density at radius 3 is 1.62 bits per heavy atom. The summed E-state index contributed by atoms with van der Waals surface area (Å²) in [5, 5.41) is 73.1. The van der Waals surface area contributed by atoms with Gasteiger partial charge in [0, 0.05) is 6.42 Å². The Kier molecular flexibility index (Phi) is 18.6. The molecule has 0 aliphatic carbocycles. The van der Waals surface area contributed by atoms with Crippen LogP contribution in [0.1, 0.15) is 110 Å². The van der Waals surface area contributed by atoms with Gasteiger partial charge in [0.1, 0.15) is 48.8 Å². The van der Waals surface area contributed by atoms with Gasteiger partial charge in [-0.15, -0.1) is 0 Å². The predicted molar refractivity (Wildman–Crippen MR) is 154 cm³/mol. The van der Waals surface area contributed by atoms with Gasteiger partial charge in [-0.3, -0.25) is 4.79 Å². The Bertz CT molecular complexity index is 713. The SMILES string of the molecule is CCCCCCCCCCCCCCCCCC(=O)N[C@@H]1O[C@H](CO)[C@@H](O[C@@H]2O[C@H](CO)[C@@H](O)[C@H](O)[C@@H]2O)[C@H](O)[C@@H]1O. The molecule has 2 saturated heterocycles. The Balaban J connectivity index is 1.62. The maximum Gasteiger partial charge on any atom is 0.222 e. The van der Waals surface area contributed by atoms with E-state index in [4.69, 9.17) is 14.2 Å². The second-order valence-electron chi connectivity index (χ2n) is 11.8. The number of nitrogens with one attached hydrogen (secondary N) is 1. The summed E-state index contributed by atoms with van der Waals surface area (Å²) in [5.74, 6) is -0.356. The number of hydrogen-bond acceptors (Lipinski definition) is 11. The first-order chi connectivity index (χ1) is 20.2. The van der Waals surface area contributed by atoms with Gasteiger partial charge in [0.15, 0.2) is 12.5 Å². The van der Waals surface area contributed by atoms with Crippen molar-refractivity contribution >= 4 is 5.91 Å². The van der Waals surface area contributed by atoms with Crippen LogP contribution in [0.2, 0.25) is 0 Å². The standard InChI is InChI=1S/C30H57NO11/c1-2-3-4-5-6-7-8-9-10-11-12-13-14-15-16-17-22(34)31-29-26(38)25(37)28(21(19-33)40-29)42-30-27(39)24(36)23(35)20(18-32)41-30/h20-21,23-30,32-33,35-39H,2-19H2,1H3,(H,31,34)/t20-,21-,23-,24+,25-,26+,27+,28-,29-,30+/m1/s1. The molecule has 2 aliphatic rings. The summed E-state index contributed by atoms with van der Waals surface area (Å²) in [4.78, 5) is 12.5. The molecule has 0 aromatic heterocycles. The van der Waals surface area contributed by atoms with Gasteiger partial charge in [-0.05, 0) is 6.42 Å². The first-order valence-electron chi connectivity index (χ1n) is 16.1. The van der Waals surface area contributed by atoms with Gasteiger partial charge in [0.25, 0.3) is 0 Å². The fraction of sp³-hybridized carbons (Fsp3) is 0.967. The lowest BCUT2D eigenvalue weighted by molar-refractivity contribution is -0.343. The molecule has 248 valence electrons. The Labute approximate surface area is 250 Å². The summed E-state index contributed by atoms with van der Waals surface area (Å²) in [7, 11) is 0. The summed E-state index contributed by atoms with van der Waals surface area (Å²) in [6.07, 6.45) is 3.46. The molecule has 10 atom stereocenters. The average molecular weight is 608 g/mol. The summed E-state index contributed by atoms with van der Waals surface area (Å²) in [6.45, 7) is 0.914. The number of carbonyl (C=O) groups excluding carboxylic acids is 1. The highest BCUT2D eigenvalue weighted by Gasteiger charge is 2.50. The number of amides is 1. The number of rotatable bonds is 21. The van der Waals surface area contributed by atoms with Crippen LogP contribution >= 0.6 is 0 Å². The molecular weight excluding hydrogens is 550 g/mol. The molecule has 42 heavy (non-hydrogen) atoms. The van der Waals surface area contributed by atoms with Crippen molar-refractivity contribution in [1.29, 1.82) is 0 Å². The highest BCUT2D eigenvalue weighted by molar-refractivity contribution is 5.76. The Morgan fingerprint density at radius 1 is 0.619 bits per heavy atom. The smallest absolute Gasteiger partial charge is 0.222 e. The summed E-state index contributed by atoms with van der Waals surface area (Å²) in [6, 6.07) is 0. The number of ether oxygens (including phenoxy) is 3. The van der Waals surface area contributed by atoms with Gasteiger partial charge in [-0.2, -0.15) is 0 Å². The Hall–Kier alpha value is -0.930. The number of hydrogen-bond donors (Lipinski definition) is 8. The van der Waals surface area contributed by atoms with E-state index in [1.807, 2.05) is 0 Å². The van der Waals surface area contributed by atoms with Crippen molar-refractivity contribution in [3.8, 4) is 0 Å². The molecule has 0 bridgehead atoms. The second-order valence-corrected chi connectivity index (χ2v) is 11.8. The van der Waals surface area contributed by atoms with Crippen LogP contribution in [0.5, 0.6) is 0 Å². The summed E-state index contributed by atoms with van der Waals surface area (Å²) in [5.41, 5.74) is 0. The predicted octanol–water partition coefficient (Wildman–Crippen LogP) is 0.988. The molecule has 0 aromatic carbocycles. The third kappa shape index (κ3) is 12.2. The minimum absolute atomic E-state index is 0.232. The molecular formula is C30H57NO11. The van der Waals surface area contributed by atoms with E-state index in [-0.39, 0.29) is 12.3 Å². The van der Waals surface area contributed by atoms with Crippen LogP contribution in [0.15, 0.2) is 0 Å². The van der Waals surface area contributed by atoms with Crippen molar-refractivity contribution in [2.75, 3.05) is 13.2 Å². The van der Waals surface area contributed by atoms with Gasteiger partial charge in [-0.1, -0.05) is 96.8 Å². The van der Waals surface area contributed by atoms with Gasteiger partial charge in [0.05, 0.1) is 13.2 Å². The monoisotopic (exact) mass is 607 g/mol. The Morgan fingerprint density at radius 2 is 1.12 bits per heavy atom. The van der Waals surface area contributed by atoms with E-state index in [1.54, 1.807) is 0 Å². The molecule has 1 amide bonds. The zero-order valence-electron chi connectivity index (χ0n) is 25.3. The normalized spacial score (nSPS) is 33.5. The summed E-state index contributed by atoms with van der Waals surface area (Å²) >= 11 is 0. The third-order valence-electron chi connectivity index (χ3n) is 8.31. The van der Waals surface area contributed by atoms with E-state index in [0.29, 0.717) is 6.42 Å². The number of unbranched alkanes of at least 4 members (excludes halogenated alkanes) is 14. The zero-order valence-corrected chi connectivity index (χ0v) is 25.3. The maximum absolute atomic E-state index is 12.5. The minimum atomic E-state index is -1.74. The highest BCUT2D eigenvalue weighted by atomic mass is 16.7. The number of aliphatic hydroxyl groups excluding tert-OH is 7. The third-order valence-corrected chi connectivity index (χ3v) is 8.31. The minimum Gasteiger partial charge on any atom is -0.394 e. The lowest BCUT2D eigenvalue weighted by atomic mass is 9.96. The lowest BCUT2D eigenvalue weighted by Gasteiger charge is -2.46. The zero-order chi connectivity index (χ0) is 30.9. The van der Waals surface area contributed by atoms with Crippen molar-refractivity contribution in [3.05, 3.63) is 0 Å². The molecule has 2 aliphatic heterocycles. The van der Waals surface area contributed by atoms with Crippen LogP contribution < -0.4 is 5.32 Å². The lowest BCUT2D eigenvalue weighted by Crippen LogP contribution is -2.66. The molecule has 0 aromatic rings. The van der Waals surface area contributed by atoms with E-state index < -0.39 is 74.6 Å². The second kappa shape index (κ2) is 20.9. The maximum atomic E-state index is 12.5. The molecule has 0 saturated carbocycles. The molecule has 12 nitrogen and oxygen atoms in total. The molecule has 12 heteroatoms. The fourth-order valence-electron chi connectivity index (χ4n) is 5.60. The molecule has 2 fully saturated rings. The highest BCUT2D eigenvalue weighted by Crippen LogP contribution is 2.28. The first-order valence-corrected chi connectivity index (χ1v) is 16.1. The van der Waals surface area contributed by atoms with E-state index in [9.17, 15) is 40.5 Å². The van der Waals surface area contributed by atoms with Crippen molar-refractivity contribution in [1.82, 2.24) is 5.32 Å². The van der Waals surface area contributed by atoms with E-state index >= 15 is 0 Å². The van der Waals surface area contributed by atoms with E-state index in [1.165, 1.54) is 70.6 Å². The number of aliphatic hydroxyl groups is 7. The van der Waals surface area contributed by atoms with Crippen LogP contribution in [0.25, 0.3) is 0 Å². The van der Waals surface area contributed by atoms with E-state index in [2.05, 4.69) is 12.2 Å². The van der Waals surface area contributed by atoms with Crippen molar-refractivity contribution in [2.45, 2.75) is 171 Å². The van der Waals surface area contributed by atoms with Crippen molar-refractivity contribution < 1.29 is 54.8 Å². The van der Waals surface area contributed by atoms with Crippen LogP contribution in [0.3, 0.4) is 0 Å². The van der Waals surface area contributed by atoms with Crippen molar-refractivity contribution in [2.24, 2.45) is 0 Å². The molecule has 0 spiro atoms. The molecule has 2 rings (SSSR count). The van der Waals surface area contributed by atoms with Crippen molar-refractivity contribution in [3.63, 3.8) is 0 Å². The van der Waals surface area contributed by atoms with Crippen LogP contribution in [-0.4, -0.2) is 116 Å². The fourth-order valence-corrected chi connectivity index (χ4v) is 5.60. The largest absolute Gasteiger partial charge is 0.394 e. The number of carbonyl (C=O) groups is 1. The van der Waals surface area contributed by atoms with Gasteiger partial charge in [0.2, 0.25) is 5.91 Å². The molecule has 2 heterocycles. The van der Waals surface area contributed by atoms with Gasteiger partial charge < -0.3 is 55.3 Å². The quantitative estimate of drug-likeness (QED) is 0.0866. The van der Waals surface area contributed by atoms with Gasteiger partial charge in [-0.25, -0.2) is 0 Å². The molecule has 8 N–H and O–H groups in total.